The lowest BCUT2D eigenvalue weighted by Gasteiger charge is -2.06. The Balaban J connectivity index is 1.48. The maximum Gasteiger partial charge on any atom is 0.291 e. The summed E-state index contributed by atoms with van der Waals surface area (Å²) < 4.78 is 5.03. The van der Waals surface area contributed by atoms with Crippen LogP contribution in [0.15, 0.2) is 77.4 Å². The number of rotatable bonds is 7. The van der Waals surface area contributed by atoms with Crippen molar-refractivity contribution in [2.24, 2.45) is 0 Å². The molecule has 0 aliphatic carbocycles. The van der Waals surface area contributed by atoms with E-state index >= 15 is 0 Å². The van der Waals surface area contributed by atoms with Crippen LogP contribution in [-0.2, 0) is 11.3 Å². The lowest BCUT2D eigenvalue weighted by atomic mass is 10.2. The first-order valence-electron chi connectivity index (χ1n) is 8.65. The first kappa shape index (κ1) is 19.6. The minimum atomic E-state index is -0.478. The van der Waals surface area contributed by atoms with Gasteiger partial charge in [0.05, 0.1) is 11.2 Å². The molecule has 2 N–H and O–H groups in total. The summed E-state index contributed by atoms with van der Waals surface area (Å²) in [6.45, 7) is 0.315. The highest BCUT2D eigenvalue weighted by atomic mass is 16.6. The summed E-state index contributed by atoms with van der Waals surface area (Å²) in [5.41, 5.74) is 2.15. The molecule has 0 saturated heterocycles. The highest BCUT2D eigenvalue weighted by Crippen LogP contribution is 2.13. The molecular weight excluding hydrogens is 374 g/mol. The highest BCUT2D eigenvalue weighted by Gasteiger charge is 2.08. The van der Waals surface area contributed by atoms with Crippen molar-refractivity contribution in [2.45, 2.75) is 6.54 Å². The Morgan fingerprint density at radius 3 is 2.38 bits per heavy atom. The smallest absolute Gasteiger partial charge is 0.291 e. The second-order valence-corrected chi connectivity index (χ2v) is 6.03. The largest absolute Gasteiger partial charge is 0.459 e. The van der Waals surface area contributed by atoms with Crippen LogP contribution in [-0.4, -0.2) is 16.7 Å². The topological polar surface area (TPSA) is 114 Å². The third-order valence-electron chi connectivity index (χ3n) is 3.95. The van der Waals surface area contributed by atoms with Gasteiger partial charge in [-0.05, 0) is 53.6 Å². The molecular formula is C21H17N3O5. The molecule has 2 aromatic carbocycles. The van der Waals surface area contributed by atoms with Gasteiger partial charge in [-0.1, -0.05) is 12.1 Å². The van der Waals surface area contributed by atoms with Crippen molar-refractivity contribution >= 4 is 29.3 Å². The maximum atomic E-state index is 11.9. The molecule has 0 fully saturated rings. The zero-order chi connectivity index (χ0) is 20.6. The number of nitrogens with one attached hydrogen (secondary N) is 2. The zero-order valence-electron chi connectivity index (χ0n) is 15.2. The number of hydrogen-bond acceptors (Lipinski definition) is 5. The van der Waals surface area contributed by atoms with Gasteiger partial charge < -0.3 is 15.1 Å². The van der Waals surface area contributed by atoms with E-state index in [4.69, 9.17) is 4.42 Å². The molecule has 0 unspecified atom stereocenters. The predicted octanol–water partition coefficient (Wildman–Crippen LogP) is 3.77. The standard InChI is InChI=1S/C21H17N3O5/c25-20(12-7-15-5-10-18(11-6-15)24(27)28)22-14-16-3-8-17(9-4-16)23-21(26)19-2-1-13-29-19/h1-13H,14H2,(H,22,25)(H,23,26)/b12-7+. The van der Waals surface area contributed by atoms with Gasteiger partial charge in [-0.25, -0.2) is 0 Å². The van der Waals surface area contributed by atoms with E-state index in [1.807, 2.05) is 0 Å². The molecule has 29 heavy (non-hydrogen) atoms. The average molecular weight is 391 g/mol. The van der Waals surface area contributed by atoms with Crippen molar-refractivity contribution in [2.75, 3.05) is 5.32 Å². The number of benzene rings is 2. The number of nitro groups is 1. The minimum Gasteiger partial charge on any atom is -0.459 e. The Labute approximate surface area is 166 Å². The van der Waals surface area contributed by atoms with Crippen LogP contribution in [0, 0.1) is 10.1 Å². The van der Waals surface area contributed by atoms with E-state index in [2.05, 4.69) is 10.6 Å². The number of nitro benzene ring substituents is 1. The summed E-state index contributed by atoms with van der Waals surface area (Å²) in [6, 6.07) is 16.1. The van der Waals surface area contributed by atoms with Crippen molar-refractivity contribution in [3.8, 4) is 0 Å². The summed E-state index contributed by atoms with van der Waals surface area (Å²) >= 11 is 0. The van der Waals surface area contributed by atoms with Gasteiger partial charge in [0.2, 0.25) is 5.91 Å². The molecule has 2 amide bonds. The van der Waals surface area contributed by atoms with Gasteiger partial charge in [-0.3, -0.25) is 19.7 Å². The molecule has 0 radical (unpaired) electrons. The van der Waals surface area contributed by atoms with E-state index < -0.39 is 4.92 Å². The Morgan fingerprint density at radius 1 is 1.03 bits per heavy atom. The monoisotopic (exact) mass is 391 g/mol. The van der Waals surface area contributed by atoms with Gasteiger partial charge in [0.15, 0.2) is 5.76 Å². The number of nitrogens with zero attached hydrogens (tertiary/aromatic N) is 1. The van der Waals surface area contributed by atoms with Gasteiger partial charge in [0.25, 0.3) is 11.6 Å². The first-order valence-corrected chi connectivity index (χ1v) is 8.65. The fraction of sp³-hybridized carbons (Fsp3) is 0.0476. The summed E-state index contributed by atoms with van der Waals surface area (Å²) in [5.74, 6) is -0.410. The van der Waals surface area contributed by atoms with Gasteiger partial charge in [-0.15, -0.1) is 0 Å². The number of non-ortho nitro benzene ring substituents is 1. The Morgan fingerprint density at radius 2 is 1.76 bits per heavy atom. The van der Waals surface area contributed by atoms with Crippen LogP contribution in [0.1, 0.15) is 21.7 Å². The van der Waals surface area contributed by atoms with E-state index in [9.17, 15) is 19.7 Å². The summed E-state index contributed by atoms with van der Waals surface area (Å²) in [4.78, 5) is 34.0. The fourth-order valence-electron chi connectivity index (χ4n) is 2.43. The first-order chi connectivity index (χ1) is 14.0. The van der Waals surface area contributed by atoms with Gasteiger partial charge in [0, 0.05) is 30.4 Å². The maximum absolute atomic E-state index is 11.9. The molecule has 146 valence electrons. The average Bonchev–Trinajstić information content (AvgIpc) is 3.27. The summed E-state index contributed by atoms with van der Waals surface area (Å²) in [7, 11) is 0. The molecule has 0 spiro atoms. The van der Waals surface area contributed by atoms with Crippen LogP contribution < -0.4 is 10.6 Å². The van der Waals surface area contributed by atoms with Crippen molar-refractivity contribution in [1.29, 1.82) is 0 Å². The molecule has 3 rings (SSSR count). The van der Waals surface area contributed by atoms with Gasteiger partial charge in [-0.2, -0.15) is 0 Å². The van der Waals surface area contributed by atoms with Crippen LogP contribution in [0.3, 0.4) is 0 Å². The summed E-state index contributed by atoms with van der Waals surface area (Å²) in [6.07, 6.45) is 4.36. The molecule has 8 heteroatoms. The second kappa shape index (κ2) is 9.14. The van der Waals surface area contributed by atoms with Crippen LogP contribution in [0.2, 0.25) is 0 Å². The van der Waals surface area contributed by atoms with Crippen molar-refractivity contribution in [1.82, 2.24) is 5.32 Å². The van der Waals surface area contributed by atoms with Crippen LogP contribution in [0.25, 0.3) is 6.08 Å². The SMILES string of the molecule is O=C(/C=C/c1ccc([N+](=O)[O-])cc1)NCc1ccc(NC(=O)c2ccco2)cc1. The third-order valence-corrected chi connectivity index (χ3v) is 3.95. The molecule has 0 bridgehead atoms. The molecule has 0 aliphatic rings. The Hall–Kier alpha value is -4.20. The quantitative estimate of drug-likeness (QED) is 0.361. The number of hydrogen-bond donors (Lipinski definition) is 2. The second-order valence-electron chi connectivity index (χ2n) is 6.03. The molecule has 1 heterocycles. The van der Waals surface area contributed by atoms with E-state index in [-0.39, 0.29) is 23.3 Å². The fourth-order valence-corrected chi connectivity index (χ4v) is 2.43. The number of carbonyl (C=O) groups is 2. The highest BCUT2D eigenvalue weighted by molar-refractivity contribution is 6.02. The number of carbonyl (C=O) groups excluding carboxylic acids is 2. The van der Waals surface area contributed by atoms with Crippen molar-refractivity contribution < 1.29 is 18.9 Å². The van der Waals surface area contributed by atoms with Crippen molar-refractivity contribution in [3.63, 3.8) is 0 Å². The Kier molecular flexibility index (Phi) is 6.16. The summed E-state index contributed by atoms with van der Waals surface area (Å²) in [5, 5.41) is 16.1. The molecule has 3 aromatic rings. The van der Waals surface area contributed by atoms with Gasteiger partial charge in [0.1, 0.15) is 0 Å². The zero-order valence-corrected chi connectivity index (χ0v) is 15.2. The predicted molar refractivity (Wildman–Crippen MR) is 107 cm³/mol. The molecule has 1 aromatic heterocycles. The number of furan rings is 1. The molecule has 0 aliphatic heterocycles. The van der Waals surface area contributed by atoms with E-state index in [0.29, 0.717) is 17.8 Å². The third kappa shape index (κ3) is 5.64. The number of amides is 2. The lowest BCUT2D eigenvalue weighted by molar-refractivity contribution is -0.384. The Bertz CT molecular complexity index is 1020. The van der Waals surface area contributed by atoms with Crippen LogP contribution in [0.5, 0.6) is 0 Å². The van der Waals surface area contributed by atoms with Crippen LogP contribution in [0.4, 0.5) is 11.4 Å². The van der Waals surface area contributed by atoms with Crippen LogP contribution >= 0.6 is 0 Å². The van der Waals surface area contributed by atoms with Gasteiger partial charge >= 0.3 is 0 Å². The molecule has 0 atom stereocenters. The van der Waals surface area contributed by atoms with E-state index in [0.717, 1.165) is 5.56 Å². The normalized spacial score (nSPS) is 10.6. The van der Waals surface area contributed by atoms with E-state index in [1.54, 1.807) is 54.6 Å². The lowest BCUT2D eigenvalue weighted by Crippen LogP contribution is -2.20. The number of anilines is 1. The van der Waals surface area contributed by atoms with E-state index in [1.165, 1.54) is 24.5 Å². The molecule has 0 saturated carbocycles. The minimum absolute atomic E-state index is 0.00426. The molecule has 8 nitrogen and oxygen atoms in total. The van der Waals surface area contributed by atoms with Crippen molar-refractivity contribution in [3.05, 3.63) is 100 Å².